The third-order valence-corrected chi connectivity index (χ3v) is 7.50. The van der Waals surface area contributed by atoms with Crippen LogP contribution in [-0.4, -0.2) is 72.8 Å². The van der Waals surface area contributed by atoms with E-state index in [1.54, 1.807) is 29.2 Å². The topological polar surface area (TPSA) is 116 Å². The minimum atomic E-state index is -0.362. The van der Waals surface area contributed by atoms with Gasteiger partial charge >= 0.3 is 0 Å². The van der Waals surface area contributed by atoms with E-state index in [0.717, 1.165) is 39.1 Å². The van der Waals surface area contributed by atoms with Crippen molar-refractivity contribution in [1.82, 2.24) is 15.0 Å². The fraction of sp³-hybridized carbons (Fsp3) is 0.542. The number of benzene rings is 1. The summed E-state index contributed by atoms with van der Waals surface area (Å²) in [4.78, 5) is 36.0. The van der Waals surface area contributed by atoms with Crippen molar-refractivity contribution >= 4 is 23.5 Å². The highest BCUT2D eigenvalue weighted by atomic mass is 16.5. The molecule has 0 saturated carbocycles. The van der Waals surface area contributed by atoms with E-state index in [0.29, 0.717) is 48.1 Å². The molecule has 10 heteroatoms. The lowest BCUT2D eigenvalue weighted by atomic mass is 9.78. The van der Waals surface area contributed by atoms with Crippen LogP contribution in [0.25, 0.3) is 0 Å². The molecule has 4 aliphatic heterocycles. The molecule has 5 heterocycles. The molecule has 1 atom stereocenters. The van der Waals surface area contributed by atoms with Crippen molar-refractivity contribution in [3.8, 4) is 6.07 Å². The van der Waals surface area contributed by atoms with Gasteiger partial charge in [0.25, 0.3) is 5.95 Å². The van der Waals surface area contributed by atoms with Gasteiger partial charge in [-0.2, -0.15) is 10.2 Å². The maximum absolute atomic E-state index is 13.2. The fourth-order valence-electron chi connectivity index (χ4n) is 5.47. The van der Waals surface area contributed by atoms with Crippen LogP contribution in [0.4, 0.5) is 11.6 Å². The Morgan fingerprint density at radius 1 is 1.21 bits per heavy atom. The molecular weight excluding hydrogens is 436 g/mol. The highest BCUT2D eigenvalue weighted by molar-refractivity contribution is 6.00. The first-order chi connectivity index (χ1) is 16.5. The summed E-state index contributed by atoms with van der Waals surface area (Å²) in [6.07, 6.45) is 1.73. The average Bonchev–Trinajstić information content (AvgIpc) is 3.44. The quantitative estimate of drug-likeness (QED) is 0.672. The second-order valence-electron chi connectivity index (χ2n) is 9.95. The number of carbonyl (C=O) groups excluding carboxylic acids is 2. The molecule has 10 nitrogen and oxygen atoms in total. The standard InChI is InChI=1S/C24H26N6O4/c25-10-16-2-1-3-19(8-16)30-11-18(9-20(30)31)22(32)28-6-4-17(5-7-28)21-26-23(27-34-21)29-12-24(13-29)14-33-15-24/h1-3,8,17-18H,4-7,9,11-15H2. The van der Waals surface area contributed by atoms with E-state index in [-0.39, 0.29) is 30.1 Å². The van der Waals surface area contributed by atoms with E-state index < -0.39 is 0 Å². The molecule has 1 aromatic carbocycles. The van der Waals surface area contributed by atoms with Gasteiger partial charge in [-0.15, -0.1) is 0 Å². The Bertz CT molecular complexity index is 1150. The molecule has 1 unspecified atom stereocenters. The van der Waals surface area contributed by atoms with Gasteiger partial charge in [0.1, 0.15) is 0 Å². The first kappa shape index (κ1) is 21.1. The van der Waals surface area contributed by atoms with Crippen molar-refractivity contribution < 1.29 is 18.8 Å². The smallest absolute Gasteiger partial charge is 0.266 e. The predicted octanol–water partition coefficient (Wildman–Crippen LogP) is 1.54. The Hall–Kier alpha value is -3.45. The molecule has 4 saturated heterocycles. The number of aromatic nitrogens is 2. The van der Waals surface area contributed by atoms with Crippen LogP contribution in [0.2, 0.25) is 0 Å². The second kappa shape index (κ2) is 8.09. The second-order valence-corrected chi connectivity index (χ2v) is 9.95. The number of nitriles is 1. The Labute approximate surface area is 197 Å². The molecule has 2 amide bonds. The van der Waals surface area contributed by atoms with Gasteiger partial charge in [-0.25, -0.2) is 0 Å². The highest BCUT2D eigenvalue weighted by Gasteiger charge is 2.50. The zero-order valence-electron chi connectivity index (χ0n) is 18.9. The summed E-state index contributed by atoms with van der Waals surface area (Å²) in [7, 11) is 0. The number of nitrogens with zero attached hydrogens (tertiary/aromatic N) is 6. The molecule has 6 rings (SSSR count). The summed E-state index contributed by atoms with van der Waals surface area (Å²) in [6.45, 7) is 5.03. The van der Waals surface area contributed by atoms with Crippen LogP contribution in [0.1, 0.15) is 36.6 Å². The van der Waals surface area contributed by atoms with Crippen molar-refractivity contribution in [3.05, 3.63) is 35.7 Å². The van der Waals surface area contributed by atoms with Crippen molar-refractivity contribution in [2.24, 2.45) is 11.3 Å². The number of piperidine rings is 1. The van der Waals surface area contributed by atoms with Gasteiger partial charge < -0.3 is 24.0 Å². The van der Waals surface area contributed by atoms with Crippen LogP contribution in [0.5, 0.6) is 0 Å². The lowest BCUT2D eigenvalue weighted by molar-refractivity contribution is -0.136. The fourth-order valence-corrected chi connectivity index (χ4v) is 5.47. The van der Waals surface area contributed by atoms with Crippen molar-refractivity contribution in [2.45, 2.75) is 25.2 Å². The van der Waals surface area contributed by atoms with E-state index in [9.17, 15) is 9.59 Å². The van der Waals surface area contributed by atoms with Crippen LogP contribution in [0.3, 0.4) is 0 Å². The number of likely N-dealkylation sites (tertiary alicyclic amines) is 1. The molecule has 0 bridgehead atoms. The Balaban J connectivity index is 1.03. The van der Waals surface area contributed by atoms with Crippen molar-refractivity contribution in [2.75, 3.05) is 55.7 Å². The highest BCUT2D eigenvalue weighted by Crippen LogP contribution is 2.40. The summed E-state index contributed by atoms with van der Waals surface area (Å²) in [5.74, 6) is 1.01. The summed E-state index contributed by atoms with van der Waals surface area (Å²) < 4.78 is 10.9. The molecule has 176 valence electrons. The largest absolute Gasteiger partial charge is 0.380 e. The summed E-state index contributed by atoms with van der Waals surface area (Å²) in [6, 6.07) is 9.04. The van der Waals surface area contributed by atoms with Gasteiger partial charge in [0.05, 0.1) is 36.2 Å². The molecule has 0 aliphatic carbocycles. The van der Waals surface area contributed by atoms with E-state index in [2.05, 4.69) is 21.1 Å². The first-order valence-electron chi connectivity index (χ1n) is 11.8. The lowest BCUT2D eigenvalue weighted by Crippen LogP contribution is -2.66. The maximum atomic E-state index is 13.2. The van der Waals surface area contributed by atoms with Crippen molar-refractivity contribution in [1.29, 1.82) is 5.26 Å². The molecular formula is C24H26N6O4. The van der Waals surface area contributed by atoms with Gasteiger partial charge in [-0.05, 0) is 36.2 Å². The van der Waals surface area contributed by atoms with Gasteiger partial charge in [0, 0.05) is 50.7 Å². The van der Waals surface area contributed by atoms with E-state index in [1.807, 2.05) is 4.90 Å². The van der Waals surface area contributed by atoms with Crippen molar-refractivity contribution in [3.63, 3.8) is 0 Å². The van der Waals surface area contributed by atoms with Gasteiger partial charge in [-0.1, -0.05) is 6.07 Å². The monoisotopic (exact) mass is 462 g/mol. The Morgan fingerprint density at radius 2 is 2.00 bits per heavy atom. The van der Waals surface area contributed by atoms with Crippen LogP contribution in [0.15, 0.2) is 28.8 Å². The average molecular weight is 463 g/mol. The van der Waals surface area contributed by atoms with E-state index in [4.69, 9.17) is 14.5 Å². The SMILES string of the molecule is N#Cc1cccc(N2CC(C(=O)N3CCC(c4nc(N5CC6(COC6)C5)no4)CC3)CC2=O)c1. The normalized spacial score (nSPS) is 24.1. The maximum Gasteiger partial charge on any atom is 0.266 e. The zero-order chi connectivity index (χ0) is 23.3. The number of hydrogen-bond acceptors (Lipinski definition) is 8. The third-order valence-electron chi connectivity index (χ3n) is 7.50. The molecule has 1 spiro atoms. The number of ether oxygens (including phenoxy) is 1. The molecule has 1 aromatic heterocycles. The molecule has 2 aromatic rings. The van der Waals surface area contributed by atoms with E-state index >= 15 is 0 Å². The minimum absolute atomic E-state index is 0.0190. The van der Waals surface area contributed by atoms with Gasteiger partial charge in [0.15, 0.2) is 0 Å². The summed E-state index contributed by atoms with van der Waals surface area (Å²) in [5.41, 5.74) is 1.46. The summed E-state index contributed by atoms with van der Waals surface area (Å²) in [5, 5.41) is 13.3. The van der Waals surface area contributed by atoms with Gasteiger partial charge in [-0.3, -0.25) is 9.59 Å². The third kappa shape index (κ3) is 3.60. The first-order valence-corrected chi connectivity index (χ1v) is 11.8. The van der Waals surface area contributed by atoms with Crippen LogP contribution < -0.4 is 9.80 Å². The zero-order valence-corrected chi connectivity index (χ0v) is 18.9. The van der Waals surface area contributed by atoms with Crippen LogP contribution >= 0.6 is 0 Å². The molecule has 4 fully saturated rings. The Morgan fingerprint density at radius 3 is 2.71 bits per heavy atom. The van der Waals surface area contributed by atoms with Crippen LogP contribution in [-0.2, 0) is 14.3 Å². The predicted molar refractivity (Wildman–Crippen MR) is 120 cm³/mol. The molecule has 34 heavy (non-hydrogen) atoms. The van der Waals surface area contributed by atoms with Gasteiger partial charge in [0.2, 0.25) is 17.7 Å². The van der Waals surface area contributed by atoms with E-state index in [1.165, 1.54) is 0 Å². The molecule has 0 radical (unpaired) electrons. The number of hydrogen-bond donors (Lipinski definition) is 0. The van der Waals surface area contributed by atoms with Crippen LogP contribution in [0, 0.1) is 22.7 Å². The lowest BCUT2D eigenvalue weighted by Gasteiger charge is -2.54. The Kier molecular flexibility index (Phi) is 5.03. The minimum Gasteiger partial charge on any atom is -0.380 e. The number of rotatable bonds is 4. The number of carbonyl (C=O) groups is 2. The summed E-state index contributed by atoms with van der Waals surface area (Å²) >= 11 is 0. The molecule has 4 aliphatic rings. The number of amides is 2. The molecule has 0 N–H and O–H groups in total. The number of anilines is 2.